The second kappa shape index (κ2) is 6.80. The first-order chi connectivity index (χ1) is 11.7. The van der Waals surface area contributed by atoms with Crippen molar-refractivity contribution in [1.82, 2.24) is 10.3 Å². The van der Waals surface area contributed by atoms with Crippen LogP contribution < -0.4 is 10.6 Å². The van der Waals surface area contributed by atoms with Gasteiger partial charge in [0, 0.05) is 30.7 Å². The highest BCUT2D eigenvalue weighted by Crippen LogP contribution is 2.25. The predicted molar refractivity (Wildman–Crippen MR) is 93.6 cm³/mol. The van der Waals surface area contributed by atoms with E-state index in [4.69, 9.17) is 0 Å². The molecule has 0 saturated heterocycles. The quantitative estimate of drug-likeness (QED) is 0.775. The number of nitrogens with zero attached hydrogens (tertiary/aromatic N) is 2. The van der Waals surface area contributed by atoms with E-state index >= 15 is 0 Å². The summed E-state index contributed by atoms with van der Waals surface area (Å²) in [5.74, 6) is -0.121. The monoisotopic (exact) mass is 316 g/mol. The SMILES string of the molecule is CNC(=O)c1cccc(CNc2c(C#N)cnc3ccccc23)c1. The van der Waals surface area contributed by atoms with Gasteiger partial charge in [-0.2, -0.15) is 5.26 Å². The Balaban J connectivity index is 1.91. The first kappa shape index (κ1) is 15.5. The van der Waals surface area contributed by atoms with Crippen LogP contribution >= 0.6 is 0 Å². The number of carbonyl (C=O) groups excluding carboxylic acids is 1. The van der Waals surface area contributed by atoms with Gasteiger partial charge in [0.05, 0.1) is 16.8 Å². The number of benzene rings is 2. The van der Waals surface area contributed by atoms with Gasteiger partial charge in [-0.05, 0) is 23.8 Å². The van der Waals surface area contributed by atoms with Gasteiger partial charge in [-0.1, -0.05) is 30.3 Å². The number of para-hydroxylation sites is 1. The summed E-state index contributed by atoms with van der Waals surface area (Å²) in [6, 6.07) is 17.2. The van der Waals surface area contributed by atoms with E-state index < -0.39 is 0 Å². The molecule has 0 aliphatic rings. The predicted octanol–water partition coefficient (Wildman–Crippen LogP) is 3.08. The van der Waals surface area contributed by atoms with Crippen molar-refractivity contribution in [1.29, 1.82) is 5.26 Å². The number of fused-ring (bicyclic) bond motifs is 1. The van der Waals surface area contributed by atoms with Crippen molar-refractivity contribution >= 4 is 22.5 Å². The molecule has 3 rings (SSSR count). The van der Waals surface area contributed by atoms with Crippen LogP contribution in [0.1, 0.15) is 21.5 Å². The standard InChI is InChI=1S/C19H16N4O/c1-21-19(24)14-6-4-5-13(9-14)11-23-18-15(10-20)12-22-17-8-3-2-7-16(17)18/h2-9,12H,11H2,1H3,(H,21,24)(H,22,23). The van der Waals surface area contributed by atoms with Crippen LogP contribution in [-0.2, 0) is 6.54 Å². The third-order valence-electron chi connectivity index (χ3n) is 3.78. The number of pyridine rings is 1. The molecule has 0 unspecified atom stereocenters. The molecular formula is C19H16N4O. The lowest BCUT2D eigenvalue weighted by Crippen LogP contribution is -2.18. The highest BCUT2D eigenvalue weighted by molar-refractivity contribution is 5.95. The number of nitrogens with one attached hydrogen (secondary N) is 2. The highest BCUT2D eigenvalue weighted by Gasteiger charge is 2.09. The average molecular weight is 316 g/mol. The number of hydrogen-bond donors (Lipinski definition) is 2. The lowest BCUT2D eigenvalue weighted by Gasteiger charge is -2.12. The van der Waals surface area contributed by atoms with Gasteiger partial charge >= 0.3 is 0 Å². The lowest BCUT2D eigenvalue weighted by molar-refractivity contribution is 0.0963. The first-order valence-electron chi connectivity index (χ1n) is 7.55. The van der Waals surface area contributed by atoms with E-state index in [9.17, 15) is 10.1 Å². The molecule has 0 fully saturated rings. The molecule has 24 heavy (non-hydrogen) atoms. The minimum absolute atomic E-state index is 0.121. The van der Waals surface area contributed by atoms with Crippen molar-refractivity contribution in [2.75, 3.05) is 12.4 Å². The molecule has 5 heteroatoms. The summed E-state index contributed by atoms with van der Waals surface area (Å²) in [5.41, 5.74) is 3.65. The van der Waals surface area contributed by atoms with Crippen LogP contribution in [0.15, 0.2) is 54.7 Å². The maximum absolute atomic E-state index is 11.7. The normalized spacial score (nSPS) is 10.2. The van der Waals surface area contributed by atoms with E-state index in [1.165, 1.54) is 0 Å². The van der Waals surface area contributed by atoms with E-state index in [-0.39, 0.29) is 5.91 Å². The summed E-state index contributed by atoms with van der Waals surface area (Å²) in [7, 11) is 1.61. The Morgan fingerprint density at radius 2 is 2.04 bits per heavy atom. The van der Waals surface area contributed by atoms with Crippen LogP contribution in [-0.4, -0.2) is 17.9 Å². The Bertz CT molecular complexity index is 943. The third-order valence-corrected chi connectivity index (χ3v) is 3.78. The molecule has 0 atom stereocenters. The largest absolute Gasteiger partial charge is 0.379 e. The van der Waals surface area contributed by atoms with Gasteiger partial charge < -0.3 is 10.6 Å². The molecule has 0 saturated carbocycles. The van der Waals surface area contributed by atoms with Crippen molar-refractivity contribution in [3.8, 4) is 6.07 Å². The Kier molecular flexibility index (Phi) is 4.39. The zero-order valence-corrected chi connectivity index (χ0v) is 13.2. The number of hydrogen-bond acceptors (Lipinski definition) is 4. The molecule has 1 amide bonds. The number of rotatable bonds is 4. The van der Waals surface area contributed by atoms with Gasteiger partial charge in [0.2, 0.25) is 0 Å². The maximum Gasteiger partial charge on any atom is 0.251 e. The molecule has 2 aromatic carbocycles. The van der Waals surface area contributed by atoms with E-state index in [1.807, 2.05) is 42.5 Å². The van der Waals surface area contributed by atoms with Crippen LogP contribution in [0.3, 0.4) is 0 Å². The van der Waals surface area contributed by atoms with Gasteiger partial charge in [-0.25, -0.2) is 0 Å². The number of carbonyl (C=O) groups is 1. The van der Waals surface area contributed by atoms with E-state index in [2.05, 4.69) is 21.7 Å². The van der Waals surface area contributed by atoms with Crippen molar-refractivity contribution in [3.05, 3.63) is 71.4 Å². The van der Waals surface area contributed by atoms with Crippen molar-refractivity contribution in [2.24, 2.45) is 0 Å². The molecule has 0 bridgehead atoms. The molecule has 3 aromatic rings. The second-order valence-corrected chi connectivity index (χ2v) is 5.31. The molecular weight excluding hydrogens is 300 g/mol. The Morgan fingerprint density at radius 3 is 2.83 bits per heavy atom. The number of nitriles is 1. The number of aromatic nitrogens is 1. The van der Waals surface area contributed by atoms with E-state index in [0.717, 1.165) is 22.2 Å². The Morgan fingerprint density at radius 1 is 1.21 bits per heavy atom. The summed E-state index contributed by atoms with van der Waals surface area (Å²) < 4.78 is 0. The Labute approximate surface area is 140 Å². The molecule has 0 aliphatic carbocycles. The number of amides is 1. The minimum atomic E-state index is -0.121. The summed E-state index contributed by atoms with van der Waals surface area (Å²) in [6.07, 6.45) is 1.58. The number of anilines is 1. The van der Waals surface area contributed by atoms with Gasteiger partial charge in [-0.15, -0.1) is 0 Å². The van der Waals surface area contributed by atoms with Gasteiger partial charge in [0.25, 0.3) is 5.91 Å². The zero-order chi connectivity index (χ0) is 16.9. The third kappa shape index (κ3) is 3.03. The van der Waals surface area contributed by atoms with Crippen LogP contribution in [0.5, 0.6) is 0 Å². The fourth-order valence-corrected chi connectivity index (χ4v) is 2.57. The lowest BCUT2D eigenvalue weighted by atomic mass is 10.1. The average Bonchev–Trinajstić information content (AvgIpc) is 2.65. The van der Waals surface area contributed by atoms with Crippen LogP contribution in [0.4, 0.5) is 5.69 Å². The molecule has 1 heterocycles. The van der Waals surface area contributed by atoms with Gasteiger partial charge in [0.15, 0.2) is 0 Å². The van der Waals surface area contributed by atoms with Crippen LogP contribution in [0.2, 0.25) is 0 Å². The zero-order valence-electron chi connectivity index (χ0n) is 13.2. The van der Waals surface area contributed by atoms with E-state index in [0.29, 0.717) is 17.7 Å². The molecule has 118 valence electrons. The summed E-state index contributed by atoms with van der Waals surface area (Å²) >= 11 is 0. The fourth-order valence-electron chi connectivity index (χ4n) is 2.57. The van der Waals surface area contributed by atoms with Crippen LogP contribution in [0.25, 0.3) is 10.9 Å². The molecule has 0 spiro atoms. The Hall–Kier alpha value is -3.39. The fraction of sp³-hybridized carbons (Fsp3) is 0.105. The van der Waals surface area contributed by atoms with Crippen molar-refractivity contribution in [3.63, 3.8) is 0 Å². The molecule has 0 radical (unpaired) electrons. The van der Waals surface area contributed by atoms with Crippen molar-refractivity contribution < 1.29 is 4.79 Å². The van der Waals surface area contributed by atoms with Crippen molar-refractivity contribution in [2.45, 2.75) is 6.54 Å². The maximum atomic E-state index is 11.7. The molecule has 0 aliphatic heterocycles. The highest BCUT2D eigenvalue weighted by atomic mass is 16.1. The molecule has 5 nitrogen and oxygen atoms in total. The molecule has 1 aromatic heterocycles. The second-order valence-electron chi connectivity index (χ2n) is 5.31. The minimum Gasteiger partial charge on any atom is -0.379 e. The van der Waals surface area contributed by atoms with Crippen LogP contribution in [0, 0.1) is 11.3 Å². The summed E-state index contributed by atoms with van der Waals surface area (Å²) in [5, 5.41) is 16.2. The molecule has 2 N–H and O–H groups in total. The topological polar surface area (TPSA) is 77.8 Å². The smallest absolute Gasteiger partial charge is 0.251 e. The van der Waals surface area contributed by atoms with Gasteiger partial charge in [-0.3, -0.25) is 9.78 Å². The summed E-state index contributed by atoms with van der Waals surface area (Å²) in [6.45, 7) is 0.507. The van der Waals surface area contributed by atoms with Gasteiger partial charge in [0.1, 0.15) is 6.07 Å². The summed E-state index contributed by atoms with van der Waals surface area (Å²) in [4.78, 5) is 16.0. The first-order valence-corrected chi connectivity index (χ1v) is 7.55. The van der Waals surface area contributed by atoms with E-state index in [1.54, 1.807) is 19.3 Å².